The standard InChI is InChI=1S/C14H21N3O/c1-10-4-3-7-16-12(10)8-14(18)17(2)13(9-15)11-5-6-11/h3-4,7,11,13H,5-6,8-9,15H2,1-2H3. The molecular formula is C14H21N3O. The topological polar surface area (TPSA) is 59.2 Å². The average molecular weight is 247 g/mol. The molecule has 0 aliphatic heterocycles. The number of nitrogens with zero attached hydrogens (tertiary/aromatic N) is 2. The fourth-order valence-corrected chi connectivity index (χ4v) is 2.30. The van der Waals surface area contributed by atoms with Crippen LogP contribution >= 0.6 is 0 Å². The first kappa shape index (κ1) is 13.0. The van der Waals surface area contributed by atoms with E-state index in [0.29, 0.717) is 18.9 Å². The Morgan fingerprint density at radius 1 is 1.61 bits per heavy atom. The molecule has 1 atom stereocenters. The number of amides is 1. The van der Waals surface area contributed by atoms with Gasteiger partial charge in [0.15, 0.2) is 0 Å². The highest BCUT2D eigenvalue weighted by Gasteiger charge is 2.34. The number of aromatic nitrogens is 1. The molecule has 0 aromatic carbocycles. The van der Waals surface area contributed by atoms with Gasteiger partial charge in [-0.15, -0.1) is 0 Å². The van der Waals surface area contributed by atoms with Crippen LogP contribution in [0.4, 0.5) is 0 Å². The van der Waals surface area contributed by atoms with E-state index in [4.69, 9.17) is 5.73 Å². The molecule has 1 heterocycles. The zero-order chi connectivity index (χ0) is 13.1. The maximum atomic E-state index is 12.2. The number of hydrogen-bond acceptors (Lipinski definition) is 3. The largest absolute Gasteiger partial charge is 0.341 e. The van der Waals surface area contributed by atoms with Crippen LogP contribution in [0.15, 0.2) is 18.3 Å². The first-order valence-corrected chi connectivity index (χ1v) is 6.49. The Labute approximate surface area is 108 Å². The van der Waals surface area contributed by atoms with Crippen LogP contribution in [-0.2, 0) is 11.2 Å². The smallest absolute Gasteiger partial charge is 0.228 e. The van der Waals surface area contributed by atoms with Crippen LogP contribution in [0.3, 0.4) is 0 Å². The van der Waals surface area contributed by atoms with Crippen LogP contribution in [0.5, 0.6) is 0 Å². The van der Waals surface area contributed by atoms with Crippen molar-refractivity contribution in [2.45, 2.75) is 32.2 Å². The summed E-state index contributed by atoms with van der Waals surface area (Å²) < 4.78 is 0. The van der Waals surface area contributed by atoms with Gasteiger partial charge in [0.1, 0.15) is 0 Å². The molecule has 1 saturated carbocycles. The summed E-state index contributed by atoms with van der Waals surface area (Å²) in [6, 6.07) is 4.07. The number of hydrogen-bond donors (Lipinski definition) is 1. The van der Waals surface area contributed by atoms with Crippen LogP contribution in [0.1, 0.15) is 24.1 Å². The Hall–Kier alpha value is -1.42. The monoisotopic (exact) mass is 247 g/mol. The van der Waals surface area contributed by atoms with Crippen molar-refractivity contribution in [3.63, 3.8) is 0 Å². The van der Waals surface area contributed by atoms with Crippen LogP contribution in [0.2, 0.25) is 0 Å². The lowest BCUT2D eigenvalue weighted by Crippen LogP contribution is -2.44. The Morgan fingerprint density at radius 3 is 2.89 bits per heavy atom. The van der Waals surface area contributed by atoms with E-state index in [2.05, 4.69) is 4.98 Å². The normalized spacial score (nSPS) is 16.4. The first-order chi connectivity index (χ1) is 8.63. The summed E-state index contributed by atoms with van der Waals surface area (Å²) in [5.74, 6) is 0.716. The number of likely N-dealkylation sites (N-methyl/N-ethyl adjacent to an activating group) is 1. The second kappa shape index (κ2) is 5.48. The third-order valence-corrected chi connectivity index (χ3v) is 3.74. The molecule has 1 amide bonds. The van der Waals surface area contributed by atoms with E-state index in [9.17, 15) is 4.79 Å². The molecular weight excluding hydrogens is 226 g/mol. The van der Waals surface area contributed by atoms with Crippen LogP contribution in [0, 0.1) is 12.8 Å². The molecule has 1 aromatic rings. The summed E-state index contributed by atoms with van der Waals surface area (Å²) in [4.78, 5) is 18.3. The van der Waals surface area contributed by atoms with Crippen LogP contribution in [0.25, 0.3) is 0 Å². The van der Waals surface area contributed by atoms with Gasteiger partial charge in [-0.05, 0) is 37.3 Å². The summed E-state index contributed by atoms with van der Waals surface area (Å²) in [6.45, 7) is 2.53. The molecule has 0 bridgehead atoms. The van der Waals surface area contributed by atoms with Crippen molar-refractivity contribution < 1.29 is 4.79 Å². The molecule has 4 heteroatoms. The first-order valence-electron chi connectivity index (χ1n) is 6.49. The van der Waals surface area contributed by atoms with Crippen molar-refractivity contribution in [1.29, 1.82) is 0 Å². The highest BCUT2D eigenvalue weighted by Crippen LogP contribution is 2.34. The van der Waals surface area contributed by atoms with E-state index in [1.165, 1.54) is 12.8 Å². The highest BCUT2D eigenvalue weighted by molar-refractivity contribution is 5.78. The van der Waals surface area contributed by atoms with Gasteiger partial charge in [0, 0.05) is 25.8 Å². The van der Waals surface area contributed by atoms with Gasteiger partial charge in [0.05, 0.1) is 12.1 Å². The maximum absolute atomic E-state index is 12.2. The summed E-state index contributed by atoms with van der Waals surface area (Å²) in [7, 11) is 1.86. The molecule has 1 aliphatic rings. The van der Waals surface area contributed by atoms with E-state index >= 15 is 0 Å². The minimum Gasteiger partial charge on any atom is -0.341 e. The zero-order valence-electron chi connectivity index (χ0n) is 11.1. The summed E-state index contributed by atoms with van der Waals surface area (Å²) in [5.41, 5.74) is 7.69. The number of aryl methyl sites for hydroxylation is 1. The predicted molar refractivity (Wildman–Crippen MR) is 71.0 cm³/mol. The number of carbonyl (C=O) groups is 1. The van der Waals surface area contributed by atoms with Crippen molar-refractivity contribution in [3.8, 4) is 0 Å². The Balaban J connectivity index is 2.00. The zero-order valence-corrected chi connectivity index (χ0v) is 11.1. The molecule has 1 aromatic heterocycles. The molecule has 1 fully saturated rings. The molecule has 18 heavy (non-hydrogen) atoms. The molecule has 1 aliphatic carbocycles. The lowest BCUT2D eigenvalue weighted by Gasteiger charge is -2.27. The van der Waals surface area contributed by atoms with E-state index in [-0.39, 0.29) is 11.9 Å². The molecule has 2 rings (SSSR count). The van der Waals surface area contributed by atoms with Crippen molar-refractivity contribution in [2.24, 2.45) is 11.7 Å². The van der Waals surface area contributed by atoms with E-state index in [1.54, 1.807) is 6.20 Å². The molecule has 0 spiro atoms. The summed E-state index contributed by atoms with van der Waals surface area (Å²) in [6.07, 6.45) is 4.49. The molecule has 4 nitrogen and oxygen atoms in total. The lowest BCUT2D eigenvalue weighted by molar-refractivity contribution is -0.131. The SMILES string of the molecule is Cc1cccnc1CC(=O)N(C)C(CN)C1CC1. The number of carbonyl (C=O) groups excluding carboxylic acids is 1. The number of nitrogens with two attached hydrogens (primary N) is 1. The quantitative estimate of drug-likeness (QED) is 0.848. The van der Waals surface area contributed by atoms with Gasteiger partial charge < -0.3 is 10.6 Å². The predicted octanol–water partition coefficient (Wildman–Crippen LogP) is 1.13. The Bertz CT molecular complexity index is 429. The van der Waals surface area contributed by atoms with Gasteiger partial charge in [0.2, 0.25) is 5.91 Å². The van der Waals surface area contributed by atoms with E-state index in [0.717, 1.165) is 11.3 Å². The van der Waals surface area contributed by atoms with Gasteiger partial charge in [0.25, 0.3) is 0 Å². The molecule has 2 N–H and O–H groups in total. The molecule has 98 valence electrons. The lowest BCUT2D eigenvalue weighted by atomic mass is 10.1. The van der Waals surface area contributed by atoms with Gasteiger partial charge in [-0.1, -0.05) is 6.07 Å². The Morgan fingerprint density at radius 2 is 2.33 bits per heavy atom. The third-order valence-electron chi connectivity index (χ3n) is 3.74. The molecule has 0 radical (unpaired) electrons. The van der Waals surface area contributed by atoms with Crippen molar-refractivity contribution >= 4 is 5.91 Å². The second-order valence-electron chi connectivity index (χ2n) is 5.09. The van der Waals surface area contributed by atoms with E-state index in [1.807, 2.05) is 31.0 Å². The fourth-order valence-electron chi connectivity index (χ4n) is 2.30. The van der Waals surface area contributed by atoms with Crippen LogP contribution < -0.4 is 5.73 Å². The minimum atomic E-state index is 0.110. The number of pyridine rings is 1. The van der Waals surface area contributed by atoms with Crippen LogP contribution in [-0.4, -0.2) is 35.4 Å². The number of rotatable bonds is 5. The third kappa shape index (κ3) is 2.88. The van der Waals surface area contributed by atoms with Crippen molar-refractivity contribution in [2.75, 3.05) is 13.6 Å². The summed E-state index contributed by atoms with van der Waals surface area (Å²) in [5, 5.41) is 0. The maximum Gasteiger partial charge on any atom is 0.228 e. The second-order valence-corrected chi connectivity index (χ2v) is 5.09. The minimum absolute atomic E-state index is 0.110. The van der Waals surface area contributed by atoms with Gasteiger partial charge >= 0.3 is 0 Å². The van der Waals surface area contributed by atoms with Gasteiger partial charge in [-0.3, -0.25) is 9.78 Å². The van der Waals surface area contributed by atoms with Crippen molar-refractivity contribution in [1.82, 2.24) is 9.88 Å². The highest BCUT2D eigenvalue weighted by atomic mass is 16.2. The Kier molecular flexibility index (Phi) is 3.97. The summed E-state index contributed by atoms with van der Waals surface area (Å²) >= 11 is 0. The van der Waals surface area contributed by atoms with Gasteiger partial charge in [-0.2, -0.15) is 0 Å². The molecule has 1 unspecified atom stereocenters. The van der Waals surface area contributed by atoms with E-state index < -0.39 is 0 Å². The average Bonchev–Trinajstić information content (AvgIpc) is 3.17. The van der Waals surface area contributed by atoms with Gasteiger partial charge in [-0.25, -0.2) is 0 Å². The van der Waals surface area contributed by atoms with Crippen molar-refractivity contribution in [3.05, 3.63) is 29.6 Å². The molecule has 0 saturated heterocycles. The fraction of sp³-hybridized carbons (Fsp3) is 0.571.